The van der Waals surface area contributed by atoms with Gasteiger partial charge >= 0.3 is 0 Å². The molecule has 0 atom stereocenters. The fourth-order valence-electron chi connectivity index (χ4n) is 1.08. The van der Waals surface area contributed by atoms with Crippen molar-refractivity contribution in [3.63, 3.8) is 0 Å². The highest BCUT2D eigenvalue weighted by molar-refractivity contribution is 7.25. The van der Waals surface area contributed by atoms with E-state index in [2.05, 4.69) is 22.9 Å². The molecule has 0 unspecified atom stereocenters. The minimum Gasteiger partial charge on any atom is -0.143 e. The van der Waals surface area contributed by atoms with Gasteiger partial charge in [-0.15, -0.1) is 22.7 Å². The van der Waals surface area contributed by atoms with Gasteiger partial charge in [-0.3, -0.25) is 0 Å². The maximum atomic E-state index is 2.16. The topological polar surface area (TPSA) is 0 Å². The van der Waals surface area contributed by atoms with Crippen LogP contribution in [0.3, 0.4) is 0 Å². The first-order valence-electron chi connectivity index (χ1n) is 4.37. The zero-order valence-corrected chi connectivity index (χ0v) is 9.22. The Labute approximate surface area is 91.5 Å². The van der Waals surface area contributed by atoms with Gasteiger partial charge < -0.3 is 0 Å². The monoisotopic (exact) mass is 218 g/mol. The van der Waals surface area contributed by atoms with Crippen molar-refractivity contribution in [1.29, 1.82) is 0 Å². The molecule has 2 aromatic heterocycles. The van der Waals surface area contributed by atoms with Crippen molar-refractivity contribution in [3.8, 4) is 0 Å². The number of benzene rings is 1. The number of hydrogen-bond donors (Lipinski definition) is 0. The number of fused-ring (bicyclic) bond motifs is 1. The van der Waals surface area contributed by atoms with Crippen LogP contribution >= 0.6 is 22.7 Å². The highest BCUT2D eigenvalue weighted by Gasteiger charge is 1.90. The molecular formula is C12H10S2. The van der Waals surface area contributed by atoms with E-state index in [1.54, 1.807) is 22.7 Å². The molecule has 0 aliphatic rings. The Kier molecular flexibility index (Phi) is 3.33. The predicted octanol–water partition coefficient (Wildman–Crippen LogP) is 4.65. The van der Waals surface area contributed by atoms with Crippen molar-refractivity contribution >= 4 is 32.1 Å². The van der Waals surface area contributed by atoms with Crippen LogP contribution in [0.15, 0.2) is 59.3 Å². The molecule has 0 fully saturated rings. The van der Waals surface area contributed by atoms with E-state index in [4.69, 9.17) is 0 Å². The average molecular weight is 218 g/mol. The summed E-state index contributed by atoms with van der Waals surface area (Å²) in [6.45, 7) is 0. The van der Waals surface area contributed by atoms with E-state index < -0.39 is 0 Å². The molecule has 70 valence electrons. The number of hydrogen-bond acceptors (Lipinski definition) is 2. The predicted molar refractivity (Wildman–Crippen MR) is 66.1 cm³/mol. The maximum Gasteiger partial charge on any atom is 0.0450 e. The first-order valence-corrected chi connectivity index (χ1v) is 6.13. The largest absolute Gasteiger partial charge is 0.143 e. The second-order valence-corrected chi connectivity index (χ2v) is 4.62. The van der Waals surface area contributed by atoms with Gasteiger partial charge in [-0.2, -0.15) is 0 Å². The van der Waals surface area contributed by atoms with Crippen LogP contribution in [-0.4, -0.2) is 0 Å². The highest BCUT2D eigenvalue weighted by Crippen LogP contribution is 2.25. The van der Waals surface area contributed by atoms with Crippen molar-refractivity contribution < 1.29 is 0 Å². The van der Waals surface area contributed by atoms with Crippen molar-refractivity contribution in [2.24, 2.45) is 0 Å². The quantitative estimate of drug-likeness (QED) is 0.515. The SMILES string of the molecule is c1cc2sccc2s1.c1ccccc1. The van der Waals surface area contributed by atoms with Crippen molar-refractivity contribution in [1.82, 2.24) is 0 Å². The average Bonchev–Trinajstić information content (AvgIpc) is 2.82. The Balaban J connectivity index is 0.000000112. The Morgan fingerprint density at radius 3 is 1.29 bits per heavy atom. The van der Waals surface area contributed by atoms with Gasteiger partial charge in [0.15, 0.2) is 0 Å². The zero-order chi connectivity index (χ0) is 9.64. The molecule has 0 amide bonds. The van der Waals surface area contributed by atoms with Gasteiger partial charge in [0, 0.05) is 9.40 Å². The van der Waals surface area contributed by atoms with Crippen LogP contribution < -0.4 is 0 Å². The first-order chi connectivity index (χ1) is 6.97. The highest BCUT2D eigenvalue weighted by atomic mass is 32.1. The fourth-order valence-corrected chi connectivity index (χ4v) is 2.91. The second-order valence-electron chi connectivity index (χ2n) is 2.72. The third-order valence-corrected chi connectivity index (χ3v) is 3.63. The van der Waals surface area contributed by atoms with Gasteiger partial charge in [0.05, 0.1) is 0 Å². The Morgan fingerprint density at radius 2 is 0.929 bits per heavy atom. The smallest absolute Gasteiger partial charge is 0.0450 e. The summed E-state index contributed by atoms with van der Waals surface area (Å²) in [7, 11) is 0. The molecule has 3 aromatic rings. The second kappa shape index (κ2) is 4.94. The van der Waals surface area contributed by atoms with E-state index in [0.29, 0.717) is 0 Å². The standard InChI is InChI=1S/C6H4S2.C6H6/c1-3-7-6-2-4-8-5(1)6;1-2-4-6-5-3-1/h1-4H;1-6H. The van der Waals surface area contributed by atoms with Gasteiger partial charge in [0.2, 0.25) is 0 Å². The third-order valence-electron chi connectivity index (χ3n) is 1.74. The molecule has 0 saturated heterocycles. The van der Waals surface area contributed by atoms with Crippen LogP contribution in [0, 0.1) is 0 Å². The van der Waals surface area contributed by atoms with Crippen LogP contribution in [0.25, 0.3) is 9.40 Å². The molecule has 0 saturated carbocycles. The summed E-state index contributed by atoms with van der Waals surface area (Å²) in [5.41, 5.74) is 0. The normalized spacial score (nSPS) is 9.43. The molecule has 2 heterocycles. The molecule has 0 N–H and O–H groups in total. The van der Waals surface area contributed by atoms with Crippen LogP contribution in [0.1, 0.15) is 0 Å². The summed E-state index contributed by atoms with van der Waals surface area (Å²) in [5.74, 6) is 0. The molecule has 0 spiro atoms. The van der Waals surface area contributed by atoms with E-state index in [1.165, 1.54) is 9.40 Å². The summed E-state index contributed by atoms with van der Waals surface area (Å²) >= 11 is 3.61. The third kappa shape index (κ3) is 2.44. The fraction of sp³-hybridized carbons (Fsp3) is 0. The molecule has 0 nitrogen and oxygen atoms in total. The zero-order valence-electron chi connectivity index (χ0n) is 7.59. The van der Waals surface area contributed by atoms with Gasteiger partial charge in [0.1, 0.15) is 0 Å². The minimum absolute atomic E-state index is 1.41. The lowest BCUT2D eigenvalue weighted by atomic mass is 10.4. The summed E-state index contributed by atoms with van der Waals surface area (Å²) in [5, 5.41) is 4.25. The first kappa shape index (κ1) is 9.44. The van der Waals surface area contributed by atoms with E-state index in [0.717, 1.165) is 0 Å². The molecule has 1 aromatic carbocycles. The van der Waals surface area contributed by atoms with Gasteiger partial charge in [-0.25, -0.2) is 0 Å². The van der Waals surface area contributed by atoms with Crippen LogP contribution in [-0.2, 0) is 0 Å². The summed E-state index contributed by atoms with van der Waals surface area (Å²) in [6.07, 6.45) is 0. The molecule has 0 aliphatic carbocycles. The van der Waals surface area contributed by atoms with Gasteiger partial charge in [0.25, 0.3) is 0 Å². The number of thiophene rings is 2. The molecule has 14 heavy (non-hydrogen) atoms. The molecule has 2 heteroatoms. The lowest BCUT2D eigenvalue weighted by Crippen LogP contribution is -1.47. The maximum absolute atomic E-state index is 2.16. The van der Waals surface area contributed by atoms with Gasteiger partial charge in [-0.1, -0.05) is 36.4 Å². The van der Waals surface area contributed by atoms with Crippen molar-refractivity contribution in [2.45, 2.75) is 0 Å². The van der Waals surface area contributed by atoms with E-state index >= 15 is 0 Å². The Bertz CT molecular complexity index is 387. The van der Waals surface area contributed by atoms with E-state index in [-0.39, 0.29) is 0 Å². The molecule has 0 bridgehead atoms. The van der Waals surface area contributed by atoms with Crippen LogP contribution in [0.5, 0.6) is 0 Å². The minimum atomic E-state index is 1.41. The van der Waals surface area contributed by atoms with Crippen LogP contribution in [0.4, 0.5) is 0 Å². The van der Waals surface area contributed by atoms with Crippen molar-refractivity contribution in [3.05, 3.63) is 59.3 Å². The molecular weight excluding hydrogens is 208 g/mol. The van der Waals surface area contributed by atoms with Crippen molar-refractivity contribution in [2.75, 3.05) is 0 Å². The summed E-state index contributed by atoms with van der Waals surface area (Å²) in [6, 6.07) is 16.3. The van der Waals surface area contributed by atoms with E-state index in [1.807, 2.05) is 36.4 Å². The molecule has 0 aliphatic heterocycles. The summed E-state index contributed by atoms with van der Waals surface area (Å²) in [4.78, 5) is 0. The van der Waals surface area contributed by atoms with Crippen LogP contribution in [0.2, 0.25) is 0 Å². The van der Waals surface area contributed by atoms with E-state index in [9.17, 15) is 0 Å². The lowest BCUT2D eigenvalue weighted by Gasteiger charge is -1.69. The lowest BCUT2D eigenvalue weighted by molar-refractivity contribution is 1.72. The summed E-state index contributed by atoms with van der Waals surface area (Å²) < 4.78 is 2.82. The Hall–Kier alpha value is -1.12. The number of rotatable bonds is 0. The molecule has 3 rings (SSSR count). The molecule has 0 radical (unpaired) electrons. The Morgan fingerprint density at radius 1 is 0.571 bits per heavy atom. The van der Waals surface area contributed by atoms with Gasteiger partial charge in [-0.05, 0) is 22.9 Å².